The molecule has 0 aliphatic rings. The lowest BCUT2D eigenvalue weighted by Gasteiger charge is -2.20. The minimum atomic E-state index is -0.942. The first-order valence-electron chi connectivity index (χ1n) is 31.1. The van der Waals surface area contributed by atoms with Crippen molar-refractivity contribution >= 4 is 35.6 Å². The van der Waals surface area contributed by atoms with Gasteiger partial charge in [-0.1, -0.05) is 253 Å². The van der Waals surface area contributed by atoms with Gasteiger partial charge < -0.3 is 30.2 Å². The Bertz CT molecular complexity index is 1440. The Kier molecular flexibility index (Phi) is 44.6. The minimum Gasteiger partial charge on any atom is -0.464 e. The number of amides is 3. The van der Waals surface area contributed by atoms with Gasteiger partial charge in [-0.25, -0.2) is 14.4 Å². The molecule has 75 heavy (non-hydrogen) atoms. The second-order valence-corrected chi connectivity index (χ2v) is 21.4. The highest BCUT2D eigenvalue weighted by atomic mass is 16.5. The van der Waals surface area contributed by atoms with Crippen LogP contribution in [0.1, 0.15) is 323 Å². The van der Waals surface area contributed by atoms with E-state index in [-0.39, 0.29) is 36.5 Å². The lowest BCUT2D eigenvalue weighted by Crippen LogP contribution is -2.44. The normalized spacial score (nSPS) is 12.4. The minimum absolute atomic E-state index is 0.0286. The molecule has 1 aromatic carbocycles. The summed E-state index contributed by atoms with van der Waals surface area (Å²) in [6.07, 6.45) is 40.1. The molecule has 0 aliphatic heterocycles. The predicted octanol–water partition coefficient (Wildman–Crippen LogP) is 15.9. The summed E-state index contributed by atoms with van der Waals surface area (Å²) < 4.78 is 17.1. The molecule has 0 saturated heterocycles. The van der Waals surface area contributed by atoms with Crippen LogP contribution in [0.5, 0.6) is 0 Å². The van der Waals surface area contributed by atoms with Gasteiger partial charge in [0.1, 0.15) is 18.1 Å². The van der Waals surface area contributed by atoms with Gasteiger partial charge in [-0.3, -0.25) is 14.4 Å². The first-order valence-corrected chi connectivity index (χ1v) is 31.1. The van der Waals surface area contributed by atoms with Gasteiger partial charge in [-0.2, -0.15) is 0 Å². The predicted molar refractivity (Wildman–Crippen MR) is 307 cm³/mol. The Morgan fingerprint density at radius 2 is 0.480 bits per heavy atom. The van der Waals surface area contributed by atoms with E-state index in [1.165, 1.54) is 134 Å². The molecule has 0 aliphatic carbocycles. The van der Waals surface area contributed by atoms with E-state index in [1.807, 2.05) is 20.8 Å². The van der Waals surface area contributed by atoms with E-state index in [1.54, 1.807) is 0 Å². The van der Waals surface area contributed by atoms with Gasteiger partial charge in [0.15, 0.2) is 0 Å². The van der Waals surface area contributed by atoms with Crippen molar-refractivity contribution in [1.29, 1.82) is 0 Å². The number of unbranched alkanes of at least 4 members (excludes halogenated alkanes) is 30. The molecule has 3 atom stereocenters. The van der Waals surface area contributed by atoms with Crippen molar-refractivity contribution in [3.8, 4) is 0 Å². The summed E-state index contributed by atoms with van der Waals surface area (Å²) in [5, 5.41) is 8.54. The van der Waals surface area contributed by atoms with Gasteiger partial charge in [-0.15, -0.1) is 0 Å². The van der Waals surface area contributed by atoms with Crippen LogP contribution in [0.3, 0.4) is 0 Å². The van der Waals surface area contributed by atoms with Crippen LogP contribution in [0.2, 0.25) is 0 Å². The average molecular weight is 1050 g/mol. The number of benzene rings is 1. The Morgan fingerprint density at radius 1 is 0.293 bits per heavy atom. The summed E-state index contributed by atoms with van der Waals surface area (Å²) >= 11 is 0. The number of ether oxygens (including phenoxy) is 3. The Labute approximate surface area is 457 Å². The molecule has 0 saturated carbocycles. The third-order valence-electron chi connectivity index (χ3n) is 14.3. The summed E-state index contributed by atoms with van der Waals surface area (Å²) in [6.45, 7) is 13.5. The summed E-state index contributed by atoms with van der Waals surface area (Å²) in [6, 6.07) is 1.28. The lowest BCUT2D eigenvalue weighted by atomic mass is 10.0. The molecule has 0 unspecified atom stereocenters. The van der Waals surface area contributed by atoms with Crippen LogP contribution in [0, 0.1) is 0 Å². The molecule has 1 aromatic rings. The number of rotatable bonds is 51. The molecule has 0 spiro atoms. The monoisotopic (exact) mass is 1050 g/mol. The van der Waals surface area contributed by atoms with Gasteiger partial charge in [0.2, 0.25) is 0 Å². The van der Waals surface area contributed by atoms with E-state index in [0.717, 1.165) is 96.3 Å². The molecular formula is C63H111N3O9. The first-order chi connectivity index (χ1) is 36.6. The zero-order valence-electron chi connectivity index (χ0n) is 48.8. The number of nitrogens with one attached hydrogen (secondary N) is 3. The summed E-state index contributed by atoms with van der Waals surface area (Å²) in [4.78, 5) is 83.1. The number of esters is 3. The van der Waals surface area contributed by atoms with Crippen molar-refractivity contribution < 1.29 is 43.0 Å². The number of hydrogen-bond donors (Lipinski definition) is 3. The highest BCUT2D eigenvalue weighted by molar-refractivity contribution is 6.06. The third-order valence-corrected chi connectivity index (χ3v) is 14.3. The fourth-order valence-corrected chi connectivity index (χ4v) is 9.31. The van der Waals surface area contributed by atoms with Crippen molar-refractivity contribution in [2.45, 2.75) is 310 Å². The second-order valence-electron chi connectivity index (χ2n) is 21.4. The van der Waals surface area contributed by atoms with E-state index in [0.29, 0.717) is 38.5 Å². The van der Waals surface area contributed by atoms with E-state index in [4.69, 9.17) is 14.2 Å². The quantitative estimate of drug-likeness (QED) is 0.0327. The van der Waals surface area contributed by atoms with E-state index in [9.17, 15) is 28.8 Å². The fraction of sp³-hybridized carbons (Fsp3) is 0.810. The van der Waals surface area contributed by atoms with Gasteiger partial charge in [0, 0.05) is 16.7 Å². The fourth-order valence-electron chi connectivity index (χ4n) is 9.31. The van der Waals surface area contributed by atoms with Crippen molar-refractivity contribution in [2.24, 2.45) is 0 Å². The highest BCUT2D eigenvalue weighted by Crippen LogP contribution is 2.18. The van der Waals surface area contributed by atoms with Gasteiger partial charge in [-0.05, 0) is 56.7 Å². The molecule has 0 bridgehead atoms. The third kappa shape index (κ3) is 35.9. The Morgan fingerprint density at radius 3 is 0.680 bits per heavy atom. The molecule has 3 N–H and O–H groups in total. The van der Waals surface area contributed by atoms with Crippen LogP contribution in [0.15, 0.2) is 18.2 Å². The van der Waals surface area contributed by atoms with Crippen LogP contribution < -0.4 is 16.0 Å². The number of carbonyl (C=O) groups excluding carboxylic acids is 6. The molecule has 0 radical (unpaired) electrons. The van der Waals surface area contributed by atoms with Crippen LogP contribution in [-0.2, 0) is 28.6 Å². The molecular weight excluding hydrogens is 943 g/mol. The van der Waals surface area contributed by atoms with Gasteiger partial charge in [0.25, 0.3) is 17.7 Å². The maximum absolute atomic E-state index is 14.2. The number of carbonyl (C=O) groups is 6. The van der Waals surface area contributed by atoms with E-state index < -0.39 is 53.8 Å². The van der Waals surface area contributed by atoms with Crippen LogP contribution in [0.25, 0.3) is 0 Å². The number of hydrogen-bond acceptors (Lipinski definition) is 9. The maximum Gasteiger partial charge on any atom is 0.328 e. The molecule has 432 valence electrons. The van der Waals surface area contributed by atoms with Crippen LogP contribution in [0.4, 0.5) is 0 Å². The molecule has 12 nitrogen and oxygen atoms in total. The maximum atomic E-state index is 14.2. The molecule has 0 aromatic heterocycles. The highest BCUT2D eigenvalue weighted by Gasteiger charge is 2.28. The lowest BCUT2D eigenvalue weighted by molar-refractivity contribution is -0.147. The zero-order valence-corrected chi connectivity index (χ0v) is 48.8. The Hall–Kier alpha value is -3.96. The second kappa shape index (κ2) is 48.4. The van der Waals surface area contributed by atoms with Crippen molar-refractivity contribution in [3.05, 3.63) is 34.9 Å². The molecule has 12 heteroatoms. The molecule has 0 heterocycles. The summed E-state index contributed by atoms with van der Waals surface area (Å²) in [5.74, 6) is -3.55. The van der Waals surface area contributed by atoms with Crippen LogP contribution >= 0.6 is 0 Å². The van der Waals surface area contributed by atoms with E-state index >= 15 is 0 Å². The summed E-state index contributed by atoms with van der Waals surface area (Å²) in [5.41, 5.74) is -0.0859. The largest absolute Gasteiger partial charge is 0.464 e. The molecule has 3 amide bonds. The van der Waals surface area contributed by atoms with Gasteiger partial charge >= 0.3 is 17.9 Å². The topological polar surface area (TPSA) is 166 Å². The van der Waals surface area contributed by atoms with E-state index in [2.05, 4.69) is 36.7 Å². The standard InChI is InChI=1S/C63H111N3O9/c1-7-13-19-22-25-28-31-34-37-40-46-73-61(70)55(43-16-10-4)64-58(67)52-49-53(59(68)65-56(44-17-11-5)62(71)74-47-41-38-35-32-29-26-23-20-14-8-2)51-54(50-52)60(69)66-57(45-18-12-6)63(72)75-48-42-39-36-33-30-27-24-21-15-9-3/h49-51,55-57H,7-48H2,1-6H3,(H,64,67)(H,65,68)(H,66,69)/t55-,56-,57-/m1/s1. The SMILES string of the molecule is CCCCCCCCCCCCOC(=O)[C@@H](CCCC)NC(=O)c1cc(C(=O)N[C@H](CCCC)C(=O)OCCCCCCCCCCCC)cc(C(=O)N[C@H](CCCC)C(=O)OCCCCCCCCCCCC)c1. The smallest absolute Gasteiger partial charge is 0.328 e. The molecule has 1 rings (SSSR count). The first kappa shape index (κ1) is 69.1. The average Bonchev–Trinajstić information content (AvgIpc) is 3.41. The van der Waals surface area contributed by atoms with Crippen molar-refractivity contribution in [2.75, 3.05) is 19.8 Å². The van der Waals surface area contributed by atoms with Crippen molar-refractivity contribution in [3.63, 3.8) is 0 Å². The zero-order chi connectivity index (χ0) is 55.0. The van der Waals surface area contributed by atoms with Gasteiger partial charge in [0.05, 0.1) is 19.8 Å². The van der Waals surface area contributed by atoms with Crippen LogP contribution in [-0.4, -0.2) is 73.6 Å². The molecule has 0 fully saturated rings. The van der Waals surface area contributed by atoms with Crippen molar-refractivity contribution in [1.82, 2.24) is 16.0 Å². The summed E-state index contributed by atoms with van der Waals surface area (Å²) in [7, 11) is 0. The Balaban J connectivity index is 3.25.